The van der Waals surface area contributed by atoms with Crippen molar-refractivity contribution in [3.05, 3.63) is 29.8 Å². The molecule has 0 saturated carbocycles. The lowest BCUT2D eigenvalue weighted by Crippen LogP contribution is -2.07. The second kappa shape index (κ2) is 11.2. The zero-order chi connectivity index (χ0) is 18.7. The van der Waals surface area contributed by atoms with Gasteiger partial charge in [-0.3, -0.25) is 14.4 Å². The highest BCUT2D eigenvalue weighted by Crippen LogP contribution is 2.29. The van der Waals surface area contributed by atoms with Gasteiger partial charge in [0.2, 0.25) is 0 Å². The molecule has 0 amide bonds. The second-order valence-electron chi connectivity index (χ2n) is 5.86. The third kappa shape index (κ3) is 8.84. The zero-order valence-electron chi connectivity index (χ0n) is 15.2. The first-order valence-corrected chi connectivity index (χ1v) is 8.64. The minimum Gasteiger partial charge on any atom is -0.423 e. The Labute approximate surface area is 149 Å². The molecule has 0 bridgehead atoms. The van der Waals surface area contributed by atoms with Crippen LogP contribution < -0.4 is 9.47 Å². The van der Waals surface area contributed by atoms with Crippen LogP contribution in [0.25, 0.3) is 6.08 Å². The Kier molecular flexibility index (Phi) is 9.22. The number of hydrogen-bond donors (Lipinski definition) is 0. The van der Waals surface area contributed by atoms with E-state index in [4.69, 9.17) is 9.47 Å². The summed E-state index contributed by atoms with van der Waals surface area (Å²) in [5.41, 5.74) is 0.687. The maximum absolute atomic E-state index is 11.9. The van der Waals surface area contributed by atoms with Gasteiger partial charge in [-0.15, -0.1) is 0 Å². The smallest absolute Gasteiger partial charge is 0.308 e. The Morgan fingerprint density at radius 3 is 2.20 bits per heavy atom. The average Bonchev–Trinajstić information content (AvgIpc) is 2.54. The van der Waals surface area contributed by atoms with Gasteiger partial charge in [0, 0.05) is 20.3 Å². The molecule has 1 rings (SSSR count). The molecule has 5 nitrogen and oxygen atoms in total. The number of esters is 2. The summed E-state index contributed by atoms with van der Waals surface area (Å²) in [5, 5.41) is 0. The molecule has 0 atom stereocenters. The highest BCUT2D eigenvalue weighted by Gasteiger charge is 2.10. The van der Waals surface area contributed by atoms with Gasteiger partial charge in [-0.25, -0.2) is 0 Å². The van der Waals surface area contributed by atoms with Crippen LogP contribution in [0.2, 0.25) is 0 Å². The predicted octanol–water partition coefficient (Wildman–Crippen LogP) is 4.48. The molecule has 1 aromatic rings. The van der Waals surface area contributed by atoms with Crippen molar-refractivity contribution in [2.45, 2.75) is 59.3 Å². The third-order valence-corrected chi connectivity index (χ3v) is 3.46. The molecular formula is C20H26O5. The average molecular weight is 346 g/mol. The van der Waals surface area contributed by atoms with Gasteiger partial charge < -0.3 is 9.47 Å². The van der Waals surface area contributed by atoms with E-state index in [0.717, 1.165) is 19.3 Å². The fourth-order valence-corrected chi connectivity index (χ4v) is 2.28. The van der Waals surface area contributed by atoms with Crippen LogP contribution in [0, 0.1) is 0 Å². The maximum atomic E-state index is 11.9. The molecular weight excluding hydrogens is 320 g/mol. The summed E-state index contributed by atoms with van der Waals surface area (Å²) < 4.78 is 10.1. The van der Waals surface area contributed by atoms with Crippen molar-refractivity contribution in [1.82, 2.24) is 0 Å². The largest absolute Gasteiger partial charge is 0.423 e. The summed E-state index contributed by atoms with van der Waals surface area (Å²) in [6, 6.07) is 4.79. The first-order valence-electron chi connectivity index (χ1n) is 8.64. The van der Waals surface area contributed by atoms with E-state index in [9.17, 15) is 14.4 Å². The number of carbonyl (C=O) groups is 3. The first kappa shape index (κ1) is 20.6. The van der Waals surface area contributed by atoms with E-state index in [1.807, 2.05) is 0 Å². The number of allylic oxidation sites excluding steroid dienone is 1. The van der Waals surface area contributed by atoms with E-state index in [2.05, 4.69) is 6.92 Å². The number of unbranched alkanes of at least 4 members (excludes halogenated alkanes) is 4. The lowest BCUT2D eigenvalue weighted by atomic mass is 10.1. The Morgan fingerprint density at radius 2 is 1.56 bits per heavy atom. The van der Waals surface area contributed by atoms with Crippen molar-refractivity contribution in [3.63, 3.8) is 0 Å². The molecule has 25 heavy (non-hydrogen) atoms. The van der Waals surface area contributed by atoms with Crippen LogP contribution in [0.15, 0.2) is 24.3 Å². The fraction of sp³-hybridized carbons (Fsp3) is 0.450. The summed E-state index contributed by atoms with van der Waals surface area (Å²) in [5.74, 6) is -0.638. The van der Waals surface area contributed by atoms with Gasteiger partial charge in [-0.1, -0.05) is 44.7 Å². The maximum Gasteiger partial charge on any atom is 0.308 e. The molecule has 0 aliphatic rings. The van der Waals surface area contributed by atoms with Crippen LogP contribution in [0.3, 0.4) is 0 Å². The normalized spacial score (nSPS) is 10.7. The lowest BCUT2D eigenvalue weighted by molar-refractivity contribution is -0.134. The zero-order valence-corrected chi connectivity index (χ0v) is 15.2. The van der Waals surface area contributed by atoms with Crippen LogP contribution in [0.1, 0.15) is 64.9 Å². The van der Waals surface area contributed by atoms with Gasteiger partial charge in [0.05, 0.1) is 0 Å². The Balaban J connectivity index is 2.69. The fourth-order valence-electron chi connectivity index (χ4n) is 2.28. The van der Waals surface area contributed by atoms with E-state index in [1.54, 1.807) is 18.2 Å². The molecule has 0 N–H and O–H groups in total. The van der Waals surface area contributed by atoms with Crippen LogP contribution in [-0.4, -0.2) is 17.7 Å². The van der Waals surface area contributed by atoms with Gasteiger partial charge in [0.25, 0.3) is 0 Å². The molecule has 0 aliphatic heterocycles. The Hall–Kier alpha value is -2.43. The van der Waals surface area contributed by atoms with Crippen molar-refractivity contribution in [2.24, 2.45) is 0 Å². The molecule has 0 aromatic heterocycles. The molecule has 0 saturated heterocycles. The van der Waals surface area contributed by atoms with Gasteiger partial charge >= 0.3 is 11.9 Å². The second-order valence-corrected chi connectivity index (χ2v) is 5.86. The minimum absolute atomic E-state index is 0.0644. The van der Waals surface area contributed by atoms with Crippen LogP contribution in [0.5, 0.6) is 11.5 Å². The van der Waals surface area contributed by atoms with Crippen molar-refractivity contribution < 1.29 is 23.9 Å². The number of ketones is 1. The molecule has 0 spiro atoms. The van der Waals surface area contributed by atoms with Crippen LogP contribution >= 0.6 is 0 Å². The van der Waals surface area contributed by atoms with E-state index in [0.29, 0.717) is 12.0 Å². The summed E-state index contributed by atoms with van der Waals surface area (Å²) in [6.07, 6.45) is 9.24. The third-order valence-electron chi connectivity index (χ3n) is 3.46. The van der Waals surface area contributed by atoms with Crippen molar-refractivity contribution in [2.75, 3.05) is 0 Å². The number of rotatable bonds is 10. The Morgan fingerprint density at radius 1 is 0.920 bits per heavy atom. The lowest BCUT2D eigenvalue weighted by Gasteiger charge is -2.09. The van der Waals surface area contributed by atoms with E-state index in [1.165, 1.54) is 38.8 Å². The van der Waals surface area contributed by atoms with E-state index < -0.39 is 11.9 Å². The molecule has 0 radical (unpaired) electrons. The van der Waals surface area contributed by atoms with Crippen LogP contribution in [0.4, 0.5) is 0 Å². The van der Waals surface area contributed by atoms with Gasteiger partial charge in [-0.2, -0.15) is 0 Å². The molecule has 136 valence electrons. The molecule has 5 heteroatoms. The standard InChI is InChI=1S/C20H26O5/c1-4-5-6-7-8-9-18(23)12-10-17-11-13-19(24-15(2)21)20(14-17)25-16(3)22/h10-14H,4-9H2,1-3H3/b12-10+. The summed E-state index contributed by atoms with van der Waals surface area (Å²) in [7, 11) is 0. The Bertz CT molecular complexity index is 631. The van der Waals surface area contributed by atoms with Crippen molar-refractivity contribution >= 4 is 23.8 Å². The van der Waals surface area contributed by atoms with Gasteiger partial charge in [0.1, 0.15) is 0 Å². The molecule has 0 aliphatic carbocycles. The molecule has 0 fully saturated rings. The number of hydrogen-bond acceptors (Lipinski definition) is 5. The number of carbonyl (C=O) groups excluding carboxylic acids is 3. The predicted molar refractivity (Wildman–Crippen MR) is 96.5 cm³/mol. The number of benzene rings is 1. The topological polar surface area (TPSA) is 69.7 Å². The minimum atomic E-state index is -0.516. The molecule has 0 heterocycles. The monoisotopic (exact) mass is 346 g/mol. The van der Waals surface area contributed by atoms with Crippen molar-refractivity contribution in [3.8, 4) is 11.5 Å². The highest BCUT2D eigenvalue weighted by molar-refractivity contribution is 5.93. The number of ether oxygens (including phenoxy) is 2. The SMILES string of the molecule is CCCCCCCC(=O)/C=C/c1ccc(OC(C)=O)c(OC(C)=O)c1. The summed E-state index contributed by atoms with van der Waals surface area (Å²) >= 11 is 0. The summed E-state index contributed by atoms with van der Waals surface area (Å²) in [6.45, 7) is 4.69. The quantitative estimate of drug-likeness (QED) is 0.270. The summed E-state index contributed by atoms with van der Waals surface area (Å²) in [4.78, 5) is 34.2. The van der Waals surface area contributed by atoms with Crippen LogP contribution in [-0.2, 0) is 14.4 Å². The van der Waals surface area contributed by atoms with E-state index in [-0.39, 0.29) is 17.3 Å². The molecule has 0 unspecified atom stereocenters. The highest BCUT2D eigenvalue weighted by atomic mass is 16.6. The molecule has 1 aromatic carbocycles. The van der Waals surface area contributed by atoms with Gasteiger partial charge in [0.15, 0.2) is 17.3 Å². The van der Waals surface area contributed by atoms with Crippen molar-refractivity contribution in [1.29, 1.82) is 0 Å². The van der Waals surface area contributed by atoms with Gasteiger partial charge in [-0.05, 0) is 30.2 Å². The first-order chi connectivity index (χ1) is 11.9. The van der Waals surface area contributed by atoms with E-state index >= 15 is 0 Å².